The molecule has 0 aliphatic heterocycles. The lowest BCUT2D eigenvalue weighted by Crippen LogP contribution is -2.36. The second kappa shape index (κ2) is 2.81. The van der Waals surface area contributed by atoms with Gasteiger partial charge in [0.25, 0.3) is 5.92 Å². The number of rotatable bonds is 2. The molecule has 0 saturated heterocycles. The second-order valence-corrected chi connectivity index (χ2v) is 4.49. The van der Waals surface area contributed by atoms with Crippen LogP contribution in [0.3, 0.4) is 0 Å². The first-order chi connectivity index (χ1) is 6.43. The van der Waals surface area contributed by atoms with Crippen molar-refractivity contribution >= 4 is 5.96 Å². The first kappa shape index (κ1) is 9.68. The van der Waals surface area contributed by atoms with Gasteiger partial charge < -0.3 is 10.6 Å². The summed E-state index contributed by atoms with van der Waals surface area (Å²) in [6.07, 6.45) is 1.19. The Morgan fingerprint density at radius 2 is 2.00 bits per heavy atom. The van der Waals surface area contributed by atoms with Crippen LogP contribution in [0.2, 0.25) is 0 Å². The van der Waals surface area contributed by atoms with E-state index in [1.807, 2.05) is 0 Å². The first-order valence-corrected chi connectivity index (χ1v) is 4.86. The van der Waals surface area contributed by atoms with Crippen LogP contribution < -0.4 is 5.73 Å². The maximum absolute atomic E-state index is 12.8. The van der Waals surface area contributed by atoms with Crippen LogP contribution in [0.4, 0.5) is 8.78 Å². The van der Waals surface area contributed by atoms with E-state index in [0.717, 1.165) is 0 Å². The predicted octanol–water partition coefficient (Wildman–Crippen LogP) is 1.10. The minimum atomic E-state index is -2.38. The van der Waals surface area contributed by atoms with Crippen LogP contribution in [0.5, 0.6) is 0 Å². The molecule has 14 heavy (non-hydrogen) atoms. The molecule has 3 nitrogen and oxygen atoms in total. The van der Waals surface area contributed by atoms with Gasteiger partial charge in [0.15, 0.2) is 5.96 Å². The summed E-state index contributed by atoms with van der Waals surface area (Å²) in [4.78, 5) is 1.62. The number of fused-ring (bicyclic) bond motifs is 1. The Morgan fingerprint density at radius 1 is 1.50 bits per heavy atom. The third kappa shape index (κ3) is 1.35. The Hall–Kier alpha value is -0.870. The van der Waals surface area contributed by atoms with Crippen LogP contribution in [0.1, 0.15) is 12.8 Å². The van der Waals surface area contributed by atoms with Gasteiger partial charge in [0.05, 0.1) is 0 Å². The summed E-state index contributed by atoms with van der Waals surface area (Å²) in [5.41, 5.74) is 5.27. The van der Waals surface area contributed by atoms with Gasteiger partial charge in [-0.05, 0) is 18.8 Å². The smallest absolute Gasteiger partial charge is 0.254 e. The van der Waals surface area contributed by atoms with Gasteiger partial charge in [-0.2, -0.15) is 0 Å². The van der Waals surface area contributed by atoms with E-state index in [4.69, 9.17) is 11.1 Å². The zero-order chi connectivity index (χ0) is 10.5. The van der Waals surface area contributed by atoms with Gasteiger partial charge in [-0.25, -0.2) is 8.78 Å². The number of nitrogens with two attached hydrogens (primary N) is 1. The van der Waals surface area contributed by atoms with Crippen molar-refractivity contribution in [1.29, 1.82) is 5.41 Å². The van der Waals surface area contributed by atoms with Crippen molar-refractivity contribution < 1.29 is 8.78 Å². The number of alkyl halides is 2. The number of guanidine groups is 1. The van der Waals surface area contributed by atoms with E-state index in [-0.39, 0.29) is 17.8 Å². The van der Waals surface area contributed by atoms with E-state index in [1.54, 1.807) is 11.9 Å². The first-order valence-electron chi connectivity index (χ1n) is 4.86. The van der Waals surface area contributed by atoms with Crippen LogP contribution >= 0.6 is 0 Å². The molecule has 0 heterocycles. The van der Waals surface area contributed by atoms with Gasteiger partial charge in [0, 0.05) is 25.4 Å². The minimum Gasteiger partial charge on any atom is -0.370 e. The van der Waals surface area contributed by atoms with Gasteiger partial charge in [0.1, 0.15) is 0 Å². The van der Waals surface area contributed by atoms with Crippen molar-refractivity contribution in [3.05, 3.63) is 0 Å². The van der Waals surface area contributed by atoms with Crippen LogP contribution in [0.25, 0.3) is 0 Å². The standard InChI is InChI=1S/C9H15F2N3/c1-14(8(12)13)4-5-2-6-7(3-5)9(6,10)11/h5-7H,2-4H2,1H3,(H3,12,13). The number of nitrogens with zero attached hydrogens (tertiary/aromatic N) is 1. The molecule has 2 aliphatic carbocycles. The lowest BCUT2D eigenvalue weighted by atomic mass is 10.0. The van der Waals surface area contributed by atoms with Crippen molar-refractivity contribution in [2.45, 2.75) is 18.8 Å². The fourth-order valence-electron chi connectivity index (χ4n) is 2.55. The molecule has 0 aromatic carbocycles. The Bertz CT molecular complexity index is 253. The van der Waals surface area contributed by atoms with E-state index < -0.39 is 5.92 Å². The van der Waals surface area contributed by atoms with Crippen molar-refractivity contribution in [3.8, 4) is 0 Å². The van der Waals surface area contributed by atoms with Gasteiger partial charge in [-0.1, -0.05) is 0 Å². The van der Waals surface area contributed by atoms with Crippen molar-refractivity contribution in [2.24, 2.45) is 23.5 Å². The van der Waals surface area contributed by atoms with Gasteiger partial charge in [-0.3, -0.25) is 5.41 Å². The molecule has 0 aromatic heterocycles. The molecular formula is C9H15F2N3. The highest BCUT2D eigenvalue weighted by atomic mass is 19.3. The fraction of sp³-hybridized carbons (Fsp3) is 0.889. The van der Waals surface area contributed by atoms with Crippen molar-refractivity contribution in [1.82, 2.24) is 4.90 Å². The Balaban J connectivity index is 1.81. The third-order valence-corrected chi connectivity index (χ3v) is 3.48. The van der Waals surface area contributed by atoms with Crippen LogP contribution in [-0.4, -0.2) is 30.4 Å². The molecule has 2 atom stereocenters. The summed E-state index contributed by atoms with van der Waals surface area (Å²) in [6, 6.07) is 0. The SMILES string of the molecule is CN(CC1CC2C(C1)C2(F)F)C(=N)N. The summed E-state index contributed by atoms with van der Waals surface area (Å²) in [5.74, 6) is -2.85. The molecule has 0 radical (unpaired) electrons. The van der Waals surface area contributed by atoms with Crippen molar-refractivity contribution in [3.63, 3.8) is 0 Å². The number of hydrogen-bond donors (Lipinski definition) is 2. The van der Waals surface area contributed by atoms with E-state index in [0.29, 0.717) is 25.3 Å². The normalized spacial score (nSPS) is 37.8. The third-order valence-electron chi connectivity index (χ3n) is 3.48. The molecule has 2 saturated carbocycles. The summed E-state index contributed by atoms with van der Waals surface area (Å²) in [5, 5.41) is 7.16. The summed E-state index contributed by atoms with van der Waals surface area (Å²) >= 11 is 0. The molecule has 0 spiro atoms. The average Bonchev–Trinajstić information content (AvgIpc) is 2.51. The van der Waals surface area contributed by atoms with Gasteiger partial charge >= 0.3 is 0 Å². The fourth-order valence-corrected chi connectivity index (χ4v) is 2.55. The largest absolute Gasteiger partial charge is 0.370 e. The molecule has 0 bridgehead atoms. The molecular weight excluding hydrogens is 188 g/mol. The number of nitrogens with one attached hydrogen (secondary N) is 1. The maximum Gasteiger partial charge on any atom is 0.254 e. The van der Waals surface area contributed by atoms with E-state index >= 15 is 0 Å². The zero-order valence-corrected chi connectivity index (χ0v) is 8.13. The Labute approximate surface area is 81.8 Å². The van der Waals surface area contributed by atoms with Crippen LogP contribution in [-0.2, 0) is 0 Å². The van der Waals surface area contributed by atoms with E-state index in [1.165, 1.54) is 0 Å². The number of hydrogen-bond acceptors (Lipinski definition) is 1. The van der Waals surface area contributed by atoms with Gasteiger partial charge in [0.2, 0.25) is 0 Å². The monoisotopic (exact) mass is 203 g/mol. The number of halogens is 2. The zero-order valence-electron chi connectivity index (χ0n) is 8.13. The Kier molecular flexibility index (Phi) is 1.94. The highest BCUT2D eigenvalue weighted by Crippen LogP contribution is 2.65. The molecule has 5 heteroatoms. The molecule has 2 fully saturated rings. The summed E-state index contributed by atoms with van der Waals surface area (Å²) < 4.78 is 25.7. The second-order valence-electron chi connectivity index (χ2n) is 4.49. The maximum atomic E-state index is 12.8. The topological polar surface area (TPSA) is 53.1 Å². The summed E-state index contributed by atoms with van der Waals surface area (Å²) in [6.45, 7) is 0.637. The quantitative estimate of drug-likeness (QED) is 0.521. The molecule has 2 rings (SSSR count). The van der Waals surface area contributed by atoms with E-state index in [2.05, 4.69) is 0 Å². The average molecular weight is 203 g/mol. The van der Waals surface area contributed by atoms with Crippen LogP contribution in [0.15, 0.2) is 0 Å². The molecule has 2 unspecified atom stereocenters. The molecule has 0 amide bonds. The van der Waals surface area contributed by atoms with Gasteiger partial charge in [-0.15, -0.1) is 0 Å². The molecule has 80 valence electrons. The Morgan fingerprint density at radius 3 is 2.43 bits per heavy atom. The lowest BCUT2D eigenvalue weighted by Gasteiger charge is -2.22. The van der Waals surface area contributed by atoms with Crippen LogP contribution in [0, 0.1) is 23.2 Å². The highest BCUT2D eigenvalue weighted by Gasteiger charge is 2.71. The predicted molar refractivity (Wildman–Crippen MR) is 49.2 cm³/mol. The lowest BCUT2D eigenvalue weighted by molar-refractivity contribution is 0.0621. The van der Waals surface area contributed by atoms with Crippen molar-refractivity contribution in [2.75, 3.05) is 13.6 Å². The molecule has 3 N–H and O–H groups in total. The molecule has 2 aliphatic rings. The molecule has 0 aromatic rings. The minimum absolute atomic E-state index is 0.0114. The highest BCUT2D eigenvalue weighted by molar-refractivity contribution is 5.74. The summed E-state index contributed by atoms with van der Waals surface area (Å²) in [7, 11) is 1.73. The van der Waals surface area contributed by atoms with E-state index in [9.17, 15) is 8.78 Å².